The Labute approximate surface area is 137 Å². The summed E-state index contributed by atoms with van der Waals surface area (Å²) in [5.74, 6) is 0. The van der Waals surface area contributed by atoms with E-state index in [1.165, 1.54) is 0 Å². The number of nitrogens with one attached hydrogen (secondary N) is 1. The van der Waals surface area contributed by atoms with E-state index in [0.717, 1.165) is 5.69 Å². The van der Waals surface area contributed by atoms with Gasteiger partial charge in [0.15, 0.2) is 0 Å². The number of carbonyl (C=O) groups is 1. The molecule has 7 nitrogen and oxygen atoms in total. The van der Waals surface area contributed by atoms with Crippen molar-refractivity contribution < 1.29 is 14.3 Å². The number of carbonyl (C=O) groups excluding carboxylic acids is 1. The van der Waals surface area contributed by atoms with Crippen LogP contribution in [0.1, 0.15) is 39.4 Å². The minimum atomic E-state index is -0.502. The first kappa shape index (κ1) is 17.6. The molecule has 0 aliphatic carbocycles. The molecule has 3 atom stereocenters. The van der Waals surface area contributed by atoms with Crippen molar-refractivity contribution in [3.8, 4) is 0 Å². The van der Waals surface area contributed by atoms with Crippen LogP contribution in [0.25, 0.3) is 0 Å². The molecule has 1 fully saturated rings. The van der Waals surface area contributed by atoms with E-state index in [4.69, 9.17) is 9.47 Å². The standard InChI is InChI=1S/C16H26N4O3/c1-11(12-8-17-6-7-18-12)19-13-9-20(10-14(13)22-5)15(21)23-16(2,3)4/h6-8,11,13-14,19H,9-10H2,1-5H3/t11?,13?,14-/m0/s1. The number of ether oxygens (including phenoxy) is 2. The molecule has 1 aliphatic heterocycles. The Morgan fingerprint density at radius 3 is 2.70 bits per heavy atom. The Bertz CT molecular complexity index is 518. The first-order valence-electron chi connectivity index (χ1n) is 7.83. The molecule has 128 valence electrons. The summed E-state index contributed by atoms with van der Waals surface area (Å²) in [6, 6.07) is 0.0365. The second kappa shape index (κ2) is 7.23. The van der Waals surface area contributed by atoms with Crippen LogP contribution >= 0.6 is 0 Å². The molecular formula is C16H26N4O3. The molecular weight excluding hydrogens is 296 g/mol. The van der Waals surface area contributed by atoms with Crippen molar-refractivity contribution >= 4 is 6.09 Å². The van der Waals surface area contributed by atoms with E-state index in [1.807, 2.05) is 27.7 Å². The van der Waals surface area contributed by atoms with Gasteiger partial charge in [-0.15, -0.1) is 0 Å². The maximum Gasteiger partial charge on any atom is 0.410 e. The zero-order valence-electron chi connectivity index (χ0n) is 14.4. The predicted molar refractivity (Wildman–Crippen MR) is 86.0 cm³/mol. The van der Waals surface area contributed by atoms with Crippen molar-refractivity contribution in [1.82, 2.24) is 20.2 Å². The van der Waals surface area contributed by atoms with Gasteiger partial charge >= 0.3 is 6.09 Å². The minimum absolute atomic E-state index is 0.0181. The van der Waals surface area contributed by atoms with Gasteiger partial charge in [0.05, 0.1) is 24.4 Å². The lowest BCUT2D eigenvalue weighted by atomic mass is 10.1. The second-order valence-corrected chi connectivity index (χ2v) is 6.78. The molecule has 1 saturated heterocycles. The number of aromatic nitrogens is 2. The smallest absolute Gasteiger partial charge is 0.410 e. The van der Waals surface area contributed by atoms with E-state index in [2.05, 4.69) is 15.3 Å². The van der Waals surface area contributed by atoms with Crippen molar-refractivity contribution in [2.45, 2.75) is 51.5 Å². The number of amides is 1. The molecule has 2 unspecified atom stereocenters. The maximum absolute atomic E-state index is 12.2. The fourth-order valence-corrected chi connectivity index (χ4v) is 2.59. The summed E-state index contributed by atoms with van der Waals surface area (Å²) < 4.78 is 11.0. The average Bonchev–Trinajstić information content (AvgIpc) is 2.89. The van der Waals surface area contributed by atoms with Gasteiger partial charge in [-0.2, -0.15) is 0 Å². The van der Waals surface area contributed by atoms with Gasteiger partial charge in [0.25, 0.3) is 0 Å². The highest BCUT2D eigenvalue weighted by molar-refractivity contribution is 5.68. The summed E-state index contributed by atoms with van der Waals surface area (Å²) in [5, 5.41) is 3.47. The highest BCUT2D eigenvalue weighted by Crippen LogP contribution is 2.20. The van der Waals surface area contributed by atoms with Crippen molar-refractivity contribution in [2.75, 3.05) is 20.2 Å². The molecule has 2 heterocycles. The number of nitrogens with zero attached hydrogens (tertiary/aromatic N) is 3. The fraction of sp³-hybridized carbons (Fsp3) is 0.688. The normalized spacial score (nSPS) is 22.9. The van der Waals surface area contributed by atoms with Gasteiger partial charge in [0.2, 0.25) is 0 Å². The highest BCUT2D eigenvalue weighted by atomic mass is 16.6. The summed E-state index contributed by atoms with van der Waals surface area (Å²) in [6.45, 7) is 8.66. The van der Waals surface area contributed by atoms with Crippen LogP contribution in [0.15, 0.2) is 18.6 Å². The van der Waals surface area contributed by atoms with Crippen LogP contribution in [-0.2, 0) is 9.47 Å². The van der Waals surface area contributed by atoms with Gasteiger partial charge < -0.3 is 19.7 Å². The second-order valence-electron chi connectivity index (χ2n) is 6.78. The molecule has 2 rings (SSSR count). The Morgan fingerprint density at radius 1 is 1.39 bits per heavy atom. The zero-order valence-corrected chi connectivity index (χ0v) is 14.4. The summed E-state index contributed by atoms with van der Waals surface area (Å²) in [7, 11) is 1.66. The average molecular weight is 322 g/mol. The van der Waals surface area contributed by atoms with Crippen LogP contribution in [0, 0.1) is 0 Å². The van der Waals surface area contributed by atoms with Crippen LogP contribution in [0.2, 0.25) is 0 Å². The number of methoxy groups -OCH3 is 1. The quantitative estimate of drug-likeness (QED) is 0.910. The van der Waals surface area contributed by atoms with E-state index in [0.29, 0.717) is 13.1 Å². The molecule has 0 spiro atoms. The summed E-state index contributed by atoms with van der Waals surface area (Å²) in [6.07, 6.45) is 4.66. The Morgan fingerprint density at radius 2 is 2.13 bits per heavy atom. The summed E-state index contributed by atoms with van der Waals surface area (Å²) >= 11 is 0. The molecule has 23 heavy (non-hydrogen) atoms. The summed E-state index contributed by atoms with van der Waals surface area (Å²) in [5.41, 5.74) is 0.357. The molecule has 1 N–H and O–H groups in total. The maximum atomic E-state index is 12.2. The van der Waals surface area contributed by atoms with Crippen molar-refractivity contribution in [3.05, 3.63) is 24.3 Å². The Balaban J connectivity index is 1.98. The van der Waals surface area contributed by atoms with Crippen molar-refractivity contribution in [2.24, 2.45) is 0 Å². The molecule has 1 aliphatic rings. The van der Waals surface area contributed by atoms with Crippen LogP contribution in [0.4, 0.5) is 4.79 Å². The van der Waals surface area contributed by atoms with Crippen molar-refractivity contribution in [1.29, 1.82) is 0 Å². The van der Waals surface area contributed by atoms with Crippen LogP contribution < -0.4 is 5.32 Å². The molecule has 7 heteroatoms. The minimum Gasteiger partial charge on any atom is -0.444 e. The van der Waals surface area contributed by atoms with E-state index >= 15 is 0 Å². The van der Waals surface area contributed by atoms with Gasteiger partial charge in [-0.3, -0.25) is 9.97 Å². The zero-order chi connectivity index (χ0) is 17.0. The number of hydrogen-bond acceptors (Lipinski definition) is 6. The number of hydrogen-bond donors (Lipinski definition) is 1. The van der Waals surface area contributed by atoms with Gasteiger partial charge in [-0.25, -0.2) is 4.79 Å². The molecule has 1 amide bonds. The van der Waals surface area contributed by atoms with E-state index in [1.54, 1.807) is 30.6 Å². The molecule has 0 aromatic carbocycles. The third kappa shape index (κ3) is 4.87. The third-order valence-electron chi connectivity index (χ3n) is 3.71. The van der Waals surface area contributed by atoms with Gasteiger partial charge in [0.1, 0.15) is 5.60 Å². The van der Waals surface area contributed by atoms with Crippen LogP contribution in [-0.4, -0.2) is 58.9 Å². The van der Waals surface area contributed by atoms with Gasteiger partial charge in [-0.1, -0.05) is 0 Å². The number of likely N-dealkylation sites (tertiary alicyclic amines) is 1. The SMILES string of the molecule is CO[C@H]1CN(C(=O)OC(C)(C)C)CC1NC(C)c1cnccn1. The molecule has 0 saturated carbocycles. The van der Waals surface area contributed by atoms with Crippen LogP contribution in [0.3, 0.4) is 0 Å². The largest absolute Gasteiger partial charge is 0.444 e. The lowest BCUT2D eigenvalue weighted by Gasteiger charge is -2.24. The van der Waals surface area contributed by atoms with Crippen molar-refractivity contribution in [3.63, 3.8) is 0 Å². The molecule has 0 radical (unpaired) electrons. The van der Waals surface area contributed by atoms with Gasteiger partial charge in [0, 0.05) is 38.3 Å². The van der Waals surface area contributed by atoms with Gasteiger partial charge in [-0.05, 0) is 27.7 Å². The first-order valence-corrected chi connectivity index (χ1v) is 7.83. The molecule has 1 aromatic heterocycles. The summed E-state index contributed by atoms with van der Waals surface area (Å²) in [4.78, 5) is 22.3. The topological polar surface area (TPSA) is 76.6 Å². The van der Waals surface area contributed by atoms with E-state index in [-0.39, 0.29) is 24.3 Å². The Hall–Kier alpha value is -1.73. The number of rotatable bonds is 4. The molecule has 0 bridgehead atoms. The molecule has 1 aromatic rings. The predicted octanol–water partition coefficient (Wildman–Crippen LogP) is 1.76. The highest BCUT2D eigenvalue weighted by Gasteiger charge is 2.38. The van der Waals surface area contributed by atoms with Crippen LogP contribution in [0.5, 0.6) is 0 Å². The monoisotopic (exact) mass is 322 g/mol. The van der Waals surface area contributed by atoms with E-state index in [9.17, 15) is 4.79 Å². The fourth-order valence-electron chi connectivity index (χ4n) is 2.59. The Kier molecular flexibility index (Phi) is 5.54. The third-order valence-corrected chi connectivity index (χ3v) is 3.71. The van der Waals surface area contributed by atoms with E-state index < -0.39 is 5.60 Å². The first-order chi connectivity index (χ1) is 10.8. The lowest BCUT2D eigenvalue weighted by molar-refractivity contribution is 0.0252. The lowest BCUT2D eigenvalue weighted by Crippen LogP contribution is -2.42.